The van der Waals surface area contributed by atoms with Crippen molar-refractivity contribution in [3.05, 3.63) is 65.2 Å². The number of methoxy groups -OCH3 is 1. The van der Waals surface area contributed by atoms with Crippen molar-refractivity contribution >= 4 is 11.7 Å². The second kappa shape index (κ2) is 9.08. The van der Waals surface area contributed by atoms with Crippen molar-refractivity contribution in [1.29, 1.82) is 0 Å². The van der Waals surface area contributed by atoms with Crippen LogP contribution in [-0.4, -0.2) is 26.2 Å². The first-order valence-electron chi connectivity index (χ1n) is 8.27. The van der Waals surface area contributed by atoms with Gasteiger partial charge in [-0.3, -0.25) is 0 Å². The molecule has 0 spiro atoms. The van der Waals surface area contributed by atoms with Gasteiger partial charge in [-0.05, 0) is 37.6 Å². The van der Waals surface area contributed by atoms with Crippen molar-refractivity contribution in [1.82, 2.24) is 0 Å². The van der Waals surface area contributed by atoms with Crippen molar-refractivity contribution in [3.8, 4) is 0 Å². The zero-order chi connectivity index (χ0) is 17.4. The van der Waals surface area contributed by atoms with Gasteiger partial charge in [0, 0.05) is 31.5 Å². The Balaban J connectivity index is 2.08. The van der Waals surface area contributed by atoms with Crippen LogP contribution in [0, 0.1) is 0 Å². The number of carbonyl (C=O) groups is 1. The Kier molecular flexibility index (Phi) is 6.82. The fraction of sp³-hybridized carbons (Fsp3) is 0.350. The first-order valence-corrected chi connectivity index (χ1v) is 8.27. The summed E-state index contributed by atoms with van der Waals surface area (Å²) in [5.74, 6) is -0.317. The van der Waals surface area contributed by atoms with E-state index in [0.717, 1.165) is 29.9 Å². The Morgan fingerprint density at radius 3 is 2.46 bits per heavy atom. The largest absolute Gasteiger partial charge is 0.457 e. The normalized spacial score (nSPS) is 10.5. The molecule has 0 aliphatic heterocycles. The van der Waals surface area contributed by atoms with Crippen LogP contribution in [0.25, 0.3) is 0 Å². The Labute approximate surface area is 144 Å². The summed E-state index contributed by atoms with van der Waals surface area (Å²) in [4.78, 5) is 14.6. The fourth-order valence-corrected chi connectivity index (χ4v) is 2.69. The molecule has 0 fully saturated rings. The minimum atomic E-state index is -0.317. The molecule has 0 aliphatic carbocycles. The lowest BCUT2D eigenvalue weighted by Crippen LogP contribution is -2.23. The van der Waals surface area contributed by atoms with E-state index in [9.17, 15) is 4.79 Å². The Morgan fingerprint density at radius 1 is 1.00 bits per heavy atom. The molecule has 0 aromatic heterocycles. The van der Waals surface area contributed by atoms with Gasteiger partial charge in [0.05, 0.1) is 12.2 Å². The van der Waals surface area contributed by atoms with Crippen molar-refractivity contribution in [2.45, 2.75) is 27.1 Å². The molecule has 0 amide bonds. The van der Waals surface area contributed by atoms with Crippen LogP contribution in [0.5, 0.6) is 0 Å². The monoisotopic (exact) mass is 327 g/mol. The van der Waals surface area contributed by atoms with Crippen LogP contribution in [-0.2, 0) is 22.7 Å². The van der Waals surface area contributed by atoms with E-state index in [2.05, 4.69) is 24.8 Å². The molecule has 4 nitrogen and oxygen atoms in total. The number of ether oxygens (including phenoxy) is 2. The number of carbonyl (C=O) groups excluding carboxylic acids is 1. The summed E-state index contributed by atoms with van der Waals surface area (Å²) in [5.41, 5.74) is 3.63. The maximum Gasteiger partial charge on any atom is 0.338 e. The molecule has 0 unspecified atom stereocenters. The lowest BCUT2D eigenvalue weighted by atomic mass is 10.1. The highest BCUT2D eigenvalue weighted by Gasteiger charge is 2.12. The van der Waals surface area contributed by atoms with Gasteiger partial charge >= 0.3 is 5.97 Å². The van der Waals surface area contributed by atoms with Crippen molar-refractivity contribution in [3.63, 3.8) is 0 Å². The number of rotatable bonds is 8. The molecular formula is C20H25NO3. The molecule has 0 bridgehead atoms. The minimum Gasteiger partial charge on any atom is -0.457 e. The Morgan fingerprint density at radius 2 is 1.75 bits per heavy atom. The van der Waals surface area contributed by atoms with E-state index in [1.54, 1.807) is 13.2 Å². The molecule has 2 rings (SSSR count). The molecule has 2 aromatic rings. The molecule has 0 radical (unpaired) electrons. The van der Waals surface area contributed by atoms with Crippen LogP contribution in [0.1, 0.15) is 35.3 Å². The molecule has 0 atom stereocenters. The lowest BCUT2D eigenvalue weighted by molar-refractivity contribution is 0.0473. The van der Waals surface area contributed by atoms with Gasteiger partial charge in [-0.1, -0.05) is 30.3 Å². The van der Waals surface area contributed by atoms with Gasteiger partial charge in [-0.25, -0.2) is 4.79 Å². The molecule has 0 saturated heterocycles. The lowest BCUT2D eigenvalue weighted by Gasteiger charge is -2.24. The standard InChI is InChI=1S/C20H25NO3/c1-4-21(5-2)19-12-7-6-10-18(19)15-24-20(22)17-11-8-9-16(13-17)14-23-3/h6-13H,4-5,14-15H2,1-3H3. The minimum absolute atomic E-state index is 0.264. The quantitative estimate of drug-likeness (QED) is 0.686. The molecule has 0 heterocycles. The van der Waals surface area contributed by atoms with Gasteiger partial charge < -0.3 is 14.4 Å². The Bertz CT molecular complexity index is 665. The van der Waals surface area contributed by atoms with E-state index >= 15 is 0 Å². The van der Waals surface area contributed by atoms with Crippen LogP contribution < -0.4 is 4.90 Å². The van der Waals surface area contributed by atoms with Crippen molar-refractivity contribution in [2.75, 3.05) is 25.1 Å². The van der Waals surface area contributed by atoms with E-state index in [1.165, 1.54) is 0 Å². The maximum absolute atomic E-state index is 12.3. The van der Waals surface area contributed by atoms with Gasteiger partial charge in [0.2, 0.25) is 0 Å². The van der Waals surface area contributed by atoms with E-state index in [1.807, 2.05) is 36.4 Å². The van der Waals surface area contributed by atoms with Gasteiger partial charge in [0.15, 0.2) is 0 Å². The third-order valence-corrected chi connectivity index (χ3v) is 3.93. The predicted octanol–water partition coefficient (Wildman–Crippen LogP) is 4.04. The van der Waals surface area contributed by atoms with E-state index in [4.69, 9.17) is 9.47 Å². The van der Waals surface area contributed by atoms with Crippen molar-refractivity contribution in [2.24, 2.45) is 0 Å². The molecule has 0 saturated carbocycles. The Hall–Kier alpha value is -2.33. The third-order valence-electron chi connectivity index (χ3n) is 3.93. The molecule has 128 valence electrons. The second-order valence-corrected chi connectivity index (χ2v) is 5.51. The van der Waals surface area contributed by atoms with Crippen LogP contribution >= 0.6 is 0 Å². The maximum atomic E-state index is 12.3. The van der Waals surface area contributed by atoms with Gasteiger partial charge in [0.25, 0.3) is 0 Å². The van der Waals surface area contributed by atoms with Crippen LogP contribution in [0.2, 0.25) is 0 Å². The number of hydrogen-bond donors (Lipinski definition) is 0. The average molecular weight is 327 g/mol. The number of hydrogen-bond acceptors (Lipinski definition) is 4. The fourth-order valence-electron chi connectivity index (χ4n) is 2.69. The number of benzene rings is 2. The highest BCUT2D eigenvalue weighted by Crippen LogP contribution is 2.21. The summed E-state index contributed by atoms with van der Waals surface area (Å²) in [6, 6.07) is 15.4. The third kappa shape index (κ3) is 4.59. The van der Waals surface area contributed by atoms with Gasteiger partial charge in [-0.15, -0.1) is 0 Å². The summed E-state index contributed by atoms with van der Waals surface area (Å²) < 4.78 is 10.6. The summed E-state index contributed by atoms with van der Waals surface area (Å²) in [6.07, 6.45) is 0. The summed E-state index contributed by atoms with van der Waals surface area (Å²) in [7, 11) is 1.63. The van der Waals surface area contributed by atoms with Crippen LogP contribution in [0.3, 0.4) is 0 Å². The predicted molar refractivity (Wildman–Crippen MR) is 96.3 cm³/mol. The number of esters is 1. The first kappa shape index (κ1) is 18.0. The second-order valence-electron chi connectivity index (χ2n) is 5.51. The molecule has 4 heteroatoms. The zero-order valence-electron chi connectivity index (χ0n) is 14.6. The van der Waals surface area contributed by atoms with Gasteiger partial charge in [-0.2, -0.15) is 0 Å². The molecule has 0 aliphatic rings. The summed E-state index contributed by atoms with van der Waals surface area (Å²) in [5, 5.41) is 0. The summed E-state index contributed by atoms with van der Waals surface area (Å²) >= 11 is 0. The topological polar surface area (TPSA) is 38.8 Å². The van der Waals surface area contributed by atoms with Crippen LogP contribution in [0.15, 0.2) is 48.5 Å². The van der Waals surface area contributed by atoms with Gasteiger partial charge in [0.1, 0.15) is 6.61 Å². The first-order chi connectivity index (χ1) is 11.7. The number of nitrogens with zero attached hydrogens (tertiary/aromatic N) is 1. The zero-order valence-corrected chi connectivity index (χ0v) is 14.6. The number of para-hydroxylation sites is 1. The molecule has 0 N–H and O–H groups in total. The smallest absolute Gasteiger partial charge is 0.338 e. The van der Waals surface area contributed by atoms with E-state index in [-0.39, 0.29) is 12.6 Å². The highest BCUT2D eigenvalue weighted by atomic mass is 16.5. The molecule has 2 aromatic carbocycles. The van der Waals surface area contributed by atoms with E-state index < -0.39 is 0 Å². The SMILES string of the molecule is CCN(CC)c1ccccc1COC(=O)c1cccc(COC)c1. The number of anilines is 1. The van der Waals surface area contributed by atoms with E-state index in [0.29, 0.717) is 12.2 Å². The van der Waals surface area contributed by atoms with Crippen LogP contribution in [0.4, 0.5) is 5.69 Å². The molecule has 24 heavy (non-hydrogen) atoms. The average Bonchev–Trinajstić information content (AvgIpc) is 2.62. The summed E-state index contributed by atoms with van der Waals surface area (Å²) in [6.45, 7) is 6.81. The highest BCUT2D eigenvalue weighted by molar-refractivity contribution is 5.89. The molecular weight excluding hydrogens is 302 g/mol. The van der Waals surface area contributed by atoms with Crippen molar-refractivity contribution < 1.29 is 14.3 Å².